The fourth-order valence-electron chi connectivity index (χ4n) is 1.56. The van der Waals surface area contributed by atoms with Crippen molar-refractivity contribution in [3.8, 4) is 0 Å². The predicted octanol–water partition coefficient (Wildman–Crippen LogP) is 3.27. The topological polar surface area (TPSA) is 82.5 Å². The Balaban J connectivity index is 2.00. The number of imidazole rings is 1. The highest BCUT2D eigenvalue weighted by Gasteiger charge is 2.04. The third-order valence-corrected chi connectivity index (χ3v) is 3.06. The van der Waals surface area contributed by atoms with E-state index in [1.165, 1.54) is 6.92 Å². The first-order valence-electron chi connectivity index (χ1n) is 6.09. The summed E-state index contributed by atoms with van der Waals surface area (Å²) in [6.07, 6.45) is 2.20. The van der Waals surface area contributed by atoms with Gasteiger partial charge in [-0.2, -0.15) is 0 Å². The normalized spacial score (nSPS) is 10.9. The average Bonchev–Trinajstić information content (AvgIpc) is 2.85. The molecule has 104 valence electrons. The van der Waals surface area contributed by atoms with Crippen LogP contribution >= 0.6 is 15.9 Å². The van der Waals surface area contributed by atoms with E-state index in [1.807, 2.05) is 24.3 Å². The molecule has 2 aromatic rings. The number of H-pyrrole nitrogens is 1. The zero-order valence-corrected chi connectivity index (χ0v) is 12.5. The van der Waals surface area contributed by atoms with Crippen LogP contribution in [0.4, 0.5) is 11.5 Å². The van der Waals surface area contributed by atoms with Gasteiger partial charge in [-0.1, -0.05) is 15.9 Å². The van der Waals surface area contributed by atoms with Crippen molar-refractivity contribution in [2.24, 2.45) is 10.2 Å². The SMILES string of the molecule is CC(=O)NCCc1[nH]cnc1N=Nc1ccc(Br)cc1. The van der Waals surface area contributed by atoms with Crippen molar-refractivity contribution in [3.63, 3.8) is 0 Å². The van der Waals surface area contributed by atoms with Crippen molar-refractivity contribution in [3.05, 3.63) is 40.8 Å². The Morgan fingerprint density at radius 3 is 2.80 bits per heavy atom. The third-order valence-electron chi connectivity index (χ3n) is 2.53. The molecule has 2 rings (SSSR count). The van der Waals surface area contributed by atoms with Gasteiger partial charge in [0.15, 0.2) is 5.82 Å². The van der Waals surface area contributed by atoms with Crippen LogP contribution in [0.5, 0.6) is 0 Å². The van der Waals surface area contributed by atoms with Crippen LogP contribution in [0.25, 0.3) is 0 Å². The Hall–Kier alpha value is -2.02. The molecular formula is C13H14BrN5O. The minimum atomic E-state index is -0.0532. The molecule has 0 saturated heterocycles. The van der Waals surface area contributed by atoms with E-state index in [4.69, 9.17) is 0 Å². The molecule has 0 aliphatic heterocycles. The van der Waals surface area contributed by atoms with Crippen molar-refractivity contribution < 1.29 is 4.79 Å². The second-order valence-corrected chi connectivity index (χ2v) is 5.03. The Bertz CT molecular complexity index is 605. The van der Waals surface area contributed by atoms with Crippen LogP contribution in [0.1, 0.15) is 12.6 Å². The average molecular weight is 336 g/mol. The molecule has 0 bridgehead atoms. The first-order chi connectivity index (χ1) is 9.65. The Morgan fingerprint density at radius 2 is 2.10 bits per heavy atom. The lowest BCUT2D eigenvalue weighted by atomic mass is 10.3. The number of hydrogen-bond donors (Lipinski definition) is 2. The van der Waals surface area contributed by atoms with Crippen molar-refractivity contribution >= 4 is 33.3 Å². The summed E-state index contributed by atoms with van der Waals surface area (Å²) in [5.74, 6) is 0.487. The molecule has 0 unspecified atom stereocenters. The van der Waals surface area contributed by atoms with E-state index in [9.17, 15) is 4.79 Å². The summed E-state index contributed by atoms with van der Waals surface area (Å²) in [7, 11) is 0. The Kier molecular flexibility index (Phi) is 5.00. The Labute approximate surface area is 124 Å². The quantitative estimate of drug-likeness (QED) is 0.822. The van der Waals surface area contributed by atoms with Gasteiger partial charge < -0.3 is 10.3 Å². The highest BCUT2D eigenvalue weighted by molar-refractivity contribution is 9.10. The molecule has 1 aromatic heterocycles. The van der Waals surface area contributed by atoms with E-state index in [2.05, 4.69) is 41.4 Å². The number of amides is 1. The number of carbonyl (C=O) groups excluding carboxylic acids is 1. The molecule has 0 radical (unpaired) electrons. The monoisotopic (exact) mass is 335 g/mol. The van der Waals surface area contributed by atoms with E-state index in [0.29, 0.717) is 18.8 Å². The number of nitrogens with one attached hydrogen (secondary N) is 2. The molecule has 1 amide bonds. The summed E-state index contributed by atoms with van der Waals surface area (Å²) in [6.45, 7) is 2.03. The van der Waals surface area contributed by atoms with Gasteiger partial charge in [0, 0.05) is 24.4 Å². The van der Waals surface area contributed by atoms with Crippen molar-refractivity contribution in [1.29, 1.82) is 0 Å². The number of benzene rings is 1. The smallest absolute Gasteiger partial charge is 0.216 e. The zero-order chi connectivity index (χ0) is 14.4. The first-order valence-corrected chi connectivity index (χ1v) is 6.88. The van der Waals surface area contributed by atoms with Crippen LogP contribution in [0.15, 0.2) is 45.3 Å². The molecule has 6 nitrogen and oxygen atoms in total. The highest BCUT2D eigenvalue weighted by Crippen LogP contribution is 2.21. The van der Waals surface area contributed by atoms with Gasteiger partial charge in [-0.15, -0.1) is 10.2 Å². The van der Waals surface area contributed by atoms with E-state index in [-0.39, 0.29) is 5.91 Å². The summed E-state index contributed by atoms with van der Waals surface area (Å²) in [5, 5.41) is 11.0. The molecule has 0 aliphatic carbocycles. The minimum Gasteiger partial charge on any atom is -0.356 e. The maximum atomic E-state index is 10.8. The number of carbonyl (C=O) groups is 1. The number of rotatable bonds is 5. The van der Waals surface area contributed by atoms with Gasteiger partial charge in [-0.3, -0.25) is 4.79 Å². The first kappa shape index (κ1) is 14.4. The van der Waals surface area contributed by atoms with Gasteiger partial charge in [0.05, 0.1) is 17.7 Å². The molecule has 2 N–H and O–H groups in total. The molecule has 1 heterocycles. The van der Waals surface area contributed by atoms with Crippen LogP contribution in [-0.4, -0.2) is 22.4 Å². The summed E-state index contributed by atoms with van der Waals surface area (Å²) in [4.78, 5) is 17.9. The van der Waals surface area contributed by atoms with Crippen LogP contribution < -0.4 is 5.32 Å². The molecule has 0 aliphatic rings. The molecule has 0 fully saturated rings. The van der Waals surface area contributed by atoms with Gasteiger partial charge in [0.1, 0.15) is 0 Å². The summed E-state index contributed by atoms with van der Waals surface area (Å²) >= 11 is 3.36. The number of aromatic nitrogens is 2. The largest absolute Gasteiger partial charge is 0.356 e. The summed E-state index contributed by atoms with van der Waals surface area (Å²) in [6, 6.07) is 7.52. The molecular weight excluding hydrogens is 322 g/mol. The standard InChI is InChI=1S/C13H14BrN5O/c1-9(20)15-7-6-12-13(17-8-16-12)19-18-11-4-2-10(14)3-5-11/h2-5,8H,6-7H2,1H3,(H,15,20)(H,16,17). The number of hydrogen-bond acceptors (Lipinski definition) is 4. The van der Waals surface area contributed by atoms with Gasteiger partial charge in [-0.05, 0) is 24.3 Å². The molecule has 0 atom stereocenters. The van der Waals surface area contributed by atoms with Crippen LogP contribution in [0.3, 0.4) is 0 Å². The predicted molar refractivity (Wildman–Crippen MR) is 79.3 cm³/mol. The maximum absolute atomic E-state index is 10.8. The van der Waals surface area contributed by atoms with Crippen molar-refractivity contribution in [2.75, 3.05) is 6.54 Å². The lowest BCUT2D eigenvalue weighted by Crippen LogP contribution is -2.22. The minimum absolute atomic E-state index is 0.0532. The fourth-order valence-corrected chi connectivity index (χ4v) is 1.82. The van der Waals surface area contributed by atoms with Gasteiger partial charge in [0.2, 0.25) is 5.91 Å². The van der Waals surface area contributed by atoms with E-state index >= 15 is 0 Å². The molecule has 0 spiro atoms. The maximum Gasteiger partial charge on any atom is 0.216 e. The van der Waals surface area contributed by atoms with Crippen LogP contribution in [0.2, 0.25) is 0 Å². The Morgan fingerprint density at radius 1 is 1.35 bits per heavy atom. The second-order valence-electron chi connectivity index (χ2n) is 4.11. The molecule has 0 saturated carbocycles. The molecule has 7 heteroatoms. The van der Waals surface area contributed by atoms with Gasteiger partial charge >= 0.3 is 0 Å². The van der Waals surface area contributed by atoms with Gasteiger partial charge in [0.25, 0.3) is 0 Å². The van der Waals surface area contributed by atoms with E-state index < -0.39 is 0 Å². The number of aromatic amines is 1. The zero-order valence-electron chi connectivity index (χ0n) is 10.9. The van der Waals surface area contributed by atoms with Gasteiger partial charge in [-0.25, -0.2) is 4.98 Å². The molecule has 20 heavy (non-hydrogen) atoms. The number of azo groups is 1. The molecule has 1 aromatic carbocycles. The third kappa shape index (κ3) is 4.27. The summed E-state index contributed by atoms with van der Waals surface area (Å²) < 4.78 is 0.993. The van der Waals surface area contributed by atoms with E-state index in [0.717, 1.165) is 15.9 Å². The van der Waals surface area contributed by atoms with Crippen LogP contribution in [-0.2, 0) is 11.2 Å². The lowest BCUT2D eigenvalue weighted by Gasteiger charge is -2.00. The fraction of sp³-hybridized carbons (Fsp3) is 0.231. The number of halogens is 1. The van der Waals surface area contributed by atoms with Crippen molar-refractivity contribution in [2.45, 2.75) is 13.3 Å². The van der Waals surface area contributed by atoms with Crippen molar-refractivity contribution in [1.82, 2.24) is 15.3 Å². The number of nitrogens with zero attached hydrogens (tertiary/aromatic N) is 3. The lowest BCUT2D eigenvalue weighted by molar-refractivity contribution is -0.118. The van der Waals surface area contributed by atoms with E-state index in [1.54, 1.807) is 6.33 Å². The second kappa shape index (κ2) is 6.95. The summed E-state index contributed by atoms with van der Waals surface area (Å²) in [5.41, 5.74) is 1.60. The highest BCUT2D eigenvalue weighted by atomic mass is 79.9. The van der Waals surface area contributed by atoms with Crippen LogP contribution in [0, 0.1) is 0 Å².